The Morgan fingerprint density at radius 2 is 2.19 bits per heavy atom. The summed E-state index contributed by atoms with van der Waals surface area (Å²) in [5, 5.41) is 24.2. The van der Waals surface area contributed by atoms with E-state index in [4.69, 9.17) is 10.2 Å². The highest BCUT2D eigenvalue weighted by Gasteiger charge is 2.07. The predicted molar refractivity (Wildman–Crippen MR) is 63.5 cm³/mol. The summed E-state index contributed by atoms with van der Waals surface area (Å²) < 4.78 is 1.57. The van der Waals surface area contributed by atoms with E-state index in [0.29, 0.717) is 23.1 Å². The van der Waals surface area contributed by atoms with Gasteiger partial charge in [0.05, 0.1) is 25.0 Å². The smallest absolute Gasteiger partial charge is 0.283 e. The molecule has 6 nitrogen and oxygen atoms in total. The molecule has 7 heteroatoms. The van der Waals surface area contributed by atoms with E-state index in [1.807, 2.05) is 0 Å². The van der Waals surface area contributed by atoms with Gasteiger partial charge in [0.15, 0.2) is 0 Å². The Morgan fingerprint density at radius 3 is 2.81 bits per heavy atom. The number of nitrogens with one attached hydrogen (secondary N) is 1. The number of anilines is 1. The van der Waals surface area contributed by atoms with Gasteiger partial charge in [0.1, 0.15) is 4.47 Å². The van der Waals surface area contributed by atoms with Crippen molar-refractivity contribution in [2.24, 2.45) is 0 Å². The van der Waals surface area contributed by atoms with Gasteiger partial charge < -0.3 is 15.5 Å². The second-order valence-electron chi connectivity index (χ2n) is 3.13. The third-order valence-electron chi connectivity index (χ3n) is 1.95. The summed E-state index contributed by atoms with van der Waals surface area (Å²) in [5.41, 5.74) is 0.302. The van der Waals surface area contributed by atoms with E-state index >= 15 is 0 Å². The Hall–Kier alpha value is -0.920. The first kappa shape index (κ1) is 13.1. The zero-order valence-electron chi connectivity index (χ0n) is 8.69. The summed E-state index contributed by atoms with van der Waals surface area (Å²) in [6.07, 6.45) is 2.12. The minimum absolute atomic E-state index is 0.0969. The maximum Gasteiger partial charge on any atom is 0.283 e. The van der Waals surface area contributed by atoms with Gasteiger partial charge in [0.25, 0.3) is 5.56 Å². The first-order valence-corrected chi connectivity index (χ1v) is 5.71. The van der Waals surface area contributed by atoms with Crippen LogP contribution in [0.4, 0.5) is 5.69 Å². The molecular formula is C9H14BrN3O3. The lowest BCUT2D eigenvalue weighted by molar-refractivity contribution is 0.266. The number of halogens is 1. The lowest BCUT2D eigenvalue weighted by Crippen LogP contribution is -2.26. The Kier molecular flexibility index (Phi) is 5.44. The molecule has 0 amide bonds. The largest absolute Gasteiger partial charge is 0.396 e. The van der Waals surface area contributed by atoms with E-state index in [9.17, 15) is 4.79 Å². The standard InChI is InChI=1S/C9H14BrN3O3/c10-8-7(11-2-1-4-14)6-12-13(3-5-15)9(8)16/h6,11,14-15H,1-5H2. The van der Waals surface area contributed by atoms with Gasteiger partial charge in [-0.2, -0.15) is 5.10 Å². The van der Waals surface area contributed by atoms with E-state index in [2.05, 4.69) is 26.3 Å². The Balaban J connectivity index is 2.81. The molecule has 1 aromatic rings. The van der Waals surface area contributed by atoms with Gasteiger partial charge in [-0.05, 0) is 22.4 Å². The predicted octanol–water partition coefficient (Wildman–Crippen LogP) is -0.208. The van der Waals surface area contributed by atoms with Crippen LogP contribution >= 0.6 is 15.9 Å². The van der Waals surface area contributed by atoms with Crippen molar-refractivity contribution in [2.75, 3.05) is 25.1 Å². The molecule has 3 N–H and O–H groups in total. The van der Waals surface area contributed by atoms with Crippen LogP contribution in [0.15, 0.2) is 15.5 Å². The number of aliphatic hydroxyl groups is 2. The van der Waals surface area contributed by atoms with Crippen LogP contribution in [-0.2, 0) is 6.54 Å². The van der Waals surface area contributed by atoms with Crippen molar-refractivity contribution in [3.05, 3.63) is 21.0 Å². The molecule has 0 saturated carbocycles. The van der Waals surface area contributed by atoms with Crippen LogP contribution in [0.25, 0.3) is 0 Å². The Morgan fingerprint density at radius 1 is 1.44 bits per heavy atom. The monoisotopic (exact) mass is 291 g/mol. The van der Waals surface area contributed by atoms with E-state index in [0.717, 1.165) is 0 Å². The van der Waals surface area contributed by atoms with Crippen LogP contribution in [-0.4, -0.2) is 39.8 Å². The number of aliphatic hydroxyl groups excluding tert-OH is 2. The maximum absolute atomic E-state index is 11.7. The van der Waals surface area contributed by atoms with Crippen LogP contribution in [0, 0.1) is 0 Å². The van der Waals surface area contributed by atoms with Gasteiger partial charge >= 0.3 is 0 Å². The van der Waals surface area contributed by atoms with Crippen molar-refractivity contribution in [3.63, 3.8) is 0 Å². The van der Waals surface area contributed by atoms with Crippen molar-refractivity contribution in [1.82, 2.24) is 9.78 Å². The molecule has 0 aliphatic carbocycles. The van der Waals surface area contributed by atoms with Crippen LogP contribution in [0.2, 0.25) is 0 Å². The van der Waals surface area contributed by atoms with Crippen LogP contribution in [0.5, 0.6) is 0 Å². The van der Waals surface area contributed by atoms with Crippen LogP contribution in [0.1, 0.15) is 6.42 Å². The fraction of sp³-hybridized carbons (Fsp3) is 0.556. The average Bonchev–Trinajstić information content (AvgIpc) is 2.28. The molecule has 1 aromatic heterocycles. The normalized spacial score (nSPS) is 10.4. The maximum atomic E-state index is 11.7. The van der Waals surface area contributed by atoms with Gasteiger partial charge in [-0.3, -0.25) is 4.79 Å². The zero-order chi connectivity index (χ0) is 12.0. The van der Waals surface area contributed by atoms with Gasteiger partial charge in [0, 0.05) is 13.2 Å². The first-order valence-electron chi connectivity index (χ1n) is 4.92. The molecular weight excluding hydrogens is 278 g/mol. The van der Waals surface area contributed by atoms with E-state index in [1.165, 1.54) is 10.9 Å². The number of nitrogens with zero attached hydrogens (tertiary/aromatic N) is 2. The van der Waals surface area contributed by atoms with Crippen molar-refractivity contribution in [3.8, 4) is 0 Å². The number of aromatic nitrogens is 2. The summed E-state index contributed by atoms with van der Waals surface area (Å²) in [4.78, 5) is 11.7. The highest BCUT2D eigenvalue weighted by atomic mass is 79.9. The minimum Gasteiger partial charge on any atom is -0.396 e. The van der Waals surface area contributed by atoms with E-state index in [-0.39, 0.29) is 25.3 Å². The van der Waals surface area contributed by atoms with Gasteiger partial charge in [-0.25, -0.2) is 4.68 Å². The highest BCUT2D eigenvalue weighted by molar-refractivity contribution is 9.10. The third kappa shape index (κ3) is 3.29. The quantitative estimate of drug-likeness (QED) is 0.632. The summed E-state index contributed by atoms with van der Waals surface area (Å²) in [6, 6.07) is 0. The summed E-state index contributed by atoms with van der Waals surface area (Å²) in [6.45, 7) is 0.713. The number of rotatable bonds is 6. The van der Waals surface area contributed by atoms with Crippen molar-refractivity contribution in [2.45, 2.75) is 13.0 Å². The Labute approximate surface area is 101 Å². The lowest BCUT2D eigenvalue weighted by Gasteiger charge is -2.09. The average molecular weight is 292 g/mol. The summed E-state index contributed by atoms with van der Waals surface area (Å²) >= 11 is 3.17. The lowest BCUT2D eigenvalue weighted by atomic mass is 10.4. The Bertz CT molecular complexity index is 394. The van der Waals surface area contributed by atoms with Crippen molar-refractivity contribution in [1.29, 1.82) is 0 Å². The van der Waals surface area contributed by atoms with Gasteiger partial charge in [-0.15, -0.1) is 0 Å². The van der Waals surface area contributed by atoms with Crippen LogP contribution < -0.4 is 10.9 Å². The molecule has 1 heterocycles. The molecule has 0 aromatic carbocycles. The number of hydrogen-bond acceptors (Lipinski definition) is 5. The summed E-state index contributed by atoms with van der Waals surface area (Å²) in [7, 11) is 0. The molecule has 0 atom stereocenters. The molecule has 0 unspecified atom stereocenters. The first-order chi connectivity index (χ1) is 7.70. The molecule has 0 bridgehead atoms. The molecule has 0 aliphatic heterocycles. The fourth-order valence-electron chi connectivity index (χ4n) is 1.14. The van der Waals surface area contributed by atoms with Crippen molar-refractivity contribution < 1.29 is 10.2 Å². The second kappa shape index (κ2) is 6.62. The van der Waals surface area contributed by atoms with Crippen molar-refractivity contribution >= 4 is 21.6 Å². The molecule has 1 rings (SSSR count). The molecule has 0 saturated heterocycles. The third-order valence-corrected chi connectivity index (χ3v) is 2.71. The number of hydrogen-bond donors (Lipinski definition) is 3. The van der Waals surface area contributed by atoms with E-state index in [1.54, 1.807) is 0 Å². The minimum atomic E-state index is -0.289. The SMILES string of the molecule is O=c1c(Br)c(NCCCO)cnn1CCO. The van der Waals surface area contributed by atoms with E-state index < -0.39 is 0 Å². The zero-order valence-corrected chi connectivity index (χ0v) is 10.3. The van der Waals surface area contributed by atoms with Crippen LogP contribution in [0.3, 0.4) is 0 Å². The molecule has 0 spiro atoms. The summed E-state index contributed by atoms with van der Waals surface area (Å²) in [5.74, 6) is 0. The molecule has 0 aliphatic rings. The molecule has 90 valence electrons. The highest BCUT2D eigenvalue weighted by Crippen LogP contribution is 2.15. The van der Waals surface area contributed by atoms with Gasteiger partial charge in [0.2, 0.25) is 0 Å². The topological polar surface area (TPSA) is 87.4 Å². The van der Waals surface area contributed by atoms with Gasteiger partial charge in [-0.1, -0.05) is 0 Å². The molecule has 0 fully saturated rings. The second-order valence-corrected chi connectivity index (χ2v) is 3.92. The fourth-order valence-corrected chi connectivity index (χ4v) is 1.59. The molecule has 16 heavy (non-hydrogen) atoms. The molecule has 0 radical (unpaired) electrons.